The molecular formula is C22H26N4O5. The van der Waals surface area contributed by atoms with Gasteiger partial charge in [0, 0.05) is 11.8 Å². The summed E-state index contributed by atoms with van der Waals surface area (Å²) in [6, 6.07) is 12.7. The lowest BCUT2D eigenvalue weighted by Gasteiger charge is -2.24. The molecule has 0 saturated carbocycles. The van der Waals surface area contributed by atoms with E-state index in [1.807, 2.05) is 18.2 Å². The molecule has 2 heterocycles. The van der Waals surface area contributed by atoms with E-state index in [1.165, 1.54) is 0 Å². The number of amides is 2. The van der Waals surface area contributed by atoms with Crippen LogP contribution in [0.25, 0.3) is 16.9 Å². The number of fused-ring (bicyclic) bond motifs is 1. The van der Waals surface area contributed by atoms with Crippen LogP contribution in [0, 0.1) is 0 Å². The van der Waals surface area contributed by atoms with Crippen LogP contribution < -0.4 is 15.2 Å². The summed E-state index contributed by atoms with van der Waals surface area (Å²) in [5.41, 5.74) is 4.28. The molecule has 0 unspecified atom stereocenters. The molecule has 0 saturated heterocycles. The van der Waals surface area contributed by atoms with Crippen LogP contribution >= 0.6 is 0 Å². The van der Waals surface area contributed by atoms with Gasteiger partial charge in [-0.15, -0.1) is 0 Å². The standard InChI is InChI=1S/C22H26N4O5/c1-14(2)30-21(27)24-26(22(28)31-15(3)4)20-19(16-9-11-17(29-5)12-10-16)23-18-8-6-7-13-25(18)20/h6-15H,1-5H3,(H,24,27). The highest BCUT2D eigenvalue weighted by Gasteiger charge is 2.29. The van der Waals surface area contributed by atoms with Crippen LogP contribution in [0.15, 0.2) is 48.7 Å². The zero-order valence-corrected chi connectivity index (χ0v) is 18.2. The fourth-order valence-electron chi connectivity index (χ4n) is 2.91. The molecule has 0 spiro atoms. The minimum absolute atomic E-state index is 0.312. The Labute approximate surface area is 180 Å². The lowest BCUT2D eigenvalue weighted by atomic mass is 10.1. The highest BCUT2D eigenvalue weighted by atomic mass is 16.6. The smallest absolute Gasteiger partial charge is 0.435 e. The first-order valence-electron chi connectivity index (χ1n) is 9.89. The highest BCUT2D eigenvalue weighted by Crippen LogP contribution is 2.32. The van der Waals surface area contributed by atoms with E-state index in [1.54, 1.807) is 69.7 Å². The molecule has 9 nitrogen and oxygen atoms in total. The molecule has 0 aliphatic heterocycles. The number of benzene rings is 1. The molecule has 1 N–H and O–H groups in total. The second-order valence-corrected chi connectivity index (χ2v) is 7.28. The maximum absolute atomic E-state index is 13.0. The van der Waals surface area contributed by atoms with E-state index < -0.39 is 18.3 Å². The van der Waals surface area contributed by atoms with Gasteiger partial charge in [-0.2, -0.15) is 5.01 Å². The number of hydrogen-bond acceptors (Lipinski definition) is 6. The van der Waals surface area contributed by atoms with Crippen molar-refractivity contribution in [3.05, 3.63) is 48.7 Å². The van der Waals surface area contributed by atoms with Gasteiger partial charge in [-0.05, 0) is 64.1 Å². The van der Waals surface area contributed by atoms with Crippen molar-refractivity contribution in [2.24, 2.45) is 0 Å². The average molecular weight is 426 g/mol. The number of anilines is 1. The van der Waals surface area contributed by atoms with Crippen molar-refractivity contribution >= 4 is 23.7 Å². The van der Waals surface area contributed by atoms with Gasteiger partial charge in [0.25, 0.3) is 0 Å². The maximum atomic E-state index is 13.0. The van der Waals surface area contributed by atoms with Crippen molar-refractivity contribution in [2.75, 3.05) is 12.1 Å². The molecule has 0 aliphatic rings. The molecule has 3 aromatic rings. The predicted molar refractivity (Wildman–Crippen MR) is 116 cm³/mol. The minimum atomic E-state index is -0.790. The first-order valence-corrected chi connectivity index (χ1v) is 9.89. The van der Waals surface area contributed by atoms with E-state index in [0.717, 1.165) is 10.6 Å². The first-order chi connectivity index (χ1) is 14.8. The topological polar surface area (TPSA) is 94.4 Å². The number of imidazole rings is 1. The van der Waals surface area contributed by atoms with E-state index in [-0.39, 0.29) is 6.10 Å². The Morgan fingerprint density at radius 2 is 1.68 bits per heavy atom. The molecule has 0 atom stereocenters. The van der Waals surface area contributed by atoms with E-state index in [9.17, 15) is 9.59 Å². The van der Waals surface area contributed by atoms with Crippen molar-refractivity contribution in [1.82, 2.24) is 14.8 Å². The average Bonchev–Trinajstić information content (AvgIpc) is 3.10. The molecule has 1 aromatic carbocycles. The molecule has 31 heavy (non-hydrogen) atoms. The number of aromatic nitrogens is 2. The number of nitrogens with one attached hydrogen (secondary N) is 1. The second kappa shape index (κ2) is 9.38. The maximum Gasteiger partial charge on any atom is 0.435 e. The fraction of sp³-hybridized carbons (Fsp3) is 0.318. The number of rotatable bonds is 5. The minimum Gasteiger partial charge on any atom is -0.497 e. The summed E-state index contributed by atoms with van der Waals surface area (Å²) in [5, 5.41) is 1.02. The van der Waals surface area contributed by atoms with Gasteiger partial charge in [-0.1, -0.05) is 6.07 Å². The number of carbonyl (C=O) groups excluding carboxylic acids is 2. The Bertz CT molecular complexity index is 1060. The third-order valence-corrected chi connectivity index (χ3v) is 4.14. The van der Waals surface area contributed by atoms with Gasteiger partial charge < -0.3 is 14.2 Å². The Balaban J connectivity index is 2.15. The van der Waals surface area contributed by atoms with E-state index in [2.05, 4.69) is 10.4 Å². The predicted octanol–water partition coefficient (Wildman–Crippen LogP) is 4.41. The summed E-state index contributed by atoms with van der Waals surface area (Å²) in [4.78, 5) is 30.0. The van der Waals surface area contributed by atoms with Gasteiger partial charge in [-0.3, -0.25) is 4.40 Å². The largest absolute Gasteiger partial charge is 0.497 e. The van der Waals surface area contributed by atoms with Crippen LogP contribution in [-0.2, 0) is 9.47 Å². The normalized spacial score (nSPS) is 10.9. The Morgan fingerprint density at radius 3 is 2.29 bits per heavy atom. The van der Waals surface area contributed by atoms with E-state index in [4.69, 9.17) is 14.2 Å². The molecule has 0 bridgehead atoms. The van der Waals surface area contributed by atoms with Gasteiger partial charge in [-0.25, -0.2) is 20.0 Å². The van der Waals surface area contributed by atoms with Crippen molar-refractivity contribution in [3.63, 3.8) is 0 Å². The lowest BCUT2D eigenvalue weighted by Crippen LogP contribution is -2.48. The number of pyridine rings is 1. The molecular weight excluding hydrogens is 400 g/mol. The third-order valence-electron chi connectivity index (χ3n) is 4.14. The Kier molecular flexibility index (Phi) is 6.64. The first kappa shape index (κ1) is 21.9. The number of ether oxygens (including phenoxy) is 3. The SMILES string of the molecule is COc1ccc(-c2nc3ccccn3c2N(NC(=O)OC(C)C)C(=O)OC(C)C)cc1. The summed E-state index contributed by atoms with van der Waals surface area (Å²) in [5.74, 6) is 0.996. The van der Waals surface area contributed by atoms with Crippen molar-refractivity contribution in [2.45, 2.75) is 39.9 Å². The summed E-state index contributed by atoms with van der Waals surface area (Å²) in [6.07, 6.45) is -0.582. The van der Waals surface area contributed by atoms with Crippen molar-refractivity contribution in [1.29, 1.82) is 0 Å². The van der Waals surface area contributed by atoms with Gasteiger partial charge in [0.15, 0.2) is 5.82 Å². The van der Waals surface area contributed by atoms with Crippen LogP contribution in [0.4, 0.5) is 15.4 Å². The molecule has 9 heteroatoms. The summed E-state index contributed by atoms with van der Waals surface area (Å²) >= 11 is 0. The monoisotopic (exact) mass is 426 g/mol. The number of hydrogen-bond donors (Lipinski definition) is 1. The van der Waals surface area contributed by atoms with Crippen molar-refractivity contribution < 1.29 is 23.8 Å². The molecule has 3 rings (SSSR count). The molecule has 164 valence electrons. The molecule has 0 aliphatic carbocycles. The van der Waals surface area contributed by atoms with Crippen molar-refractivity contribution in [3.8, 4) is 17.0 Å². The van der Waals surface area contributed by atoms with Crippen LogP contribution in [-0.4, -0.2) is 40.9 Å². The van der Waals surface area contributed by atoms with Crippen LogP contribution in [0.2, 0.25) is 0 Å². The lowest BCUT2D eigenvalue weighted by molar-refractivity contribution is 0.103. The van der Waals surface area contributed by atoms with Gasteiger partial charge in [0.1, 0.15) is 17.1 Å². The zero-order valence-electron chi connectivity index (χ0n) is 18.2. The Hall–Kier alpha value is -3.75. The van der Waals surface area contributed by atoms with Gasteiger partial charge in [0.2, 0.25) is 0 Å². The van der Waals surface area contributed by atoms with Crippen LogP contribution in [0.5, 0.6) is 5.75 Å². The molecule has 2 aromatic heterocycles. The summed E-state index contributed by atoms with van der Waals surface area (Å²) in [6.45, 7) is 6.88. The summed E-state index contributed by atoms with van der Waals surface area (Å²) < 4.78 is 17.5. The number of methoxy groups -OCH3 is 1. The summed E-state index contributed by atoms with van der Waals surface area (Å²) in [7, 11) is 1.58. The fourth-order valence-corrected chi connectivity index (χ4v) is 2.91. The Morgan fingerprint density at radius 1 is 1.00 bits per heavy atom. The van der Waals surface area contributed by atoms with Gasteiger partial charge >= 0.3 is 12.2 Å². The molecule has 2 amide bonds. The van der Waals surface area contributed by atoms with Crippen LogP contribution in [0.1, 0.15) is 27.7 Å². The number of hydrazine groups is 1. The number of nitrogens with zero attached hydrogens (tertiary/aromatic N) is 3. The highest BCUT2D eigenvalue weighted by molar-refractivity contribution is 5.94. The van der Waals surface area contributed by atoms with Crippen LogP contribution in [0.3, 0.4) is 0 Å². The second-order valence-electron chi connectivity index (χ2n) is 7.28. The van der Waals surface area contributed by atoms with E-state index in [0.29, 0.717) is 22.9 Å². The quantitative estimate of drug-likeness (QED) is 0.607. The number of carbonyl (C=O) groups is 2. The molecule has 0 fully saturated rings. The molecule has 0 radical (unpaired) electrons. The zero-order chi connectivity index (χ0) is 22.5. The third kappa shape index (κ3) is 5.06. The van der Waals surface area contributed by atoms with Gasteiger partial charge in [0.05, 0.1) is 19.3 Å². The van der Waals surface area contributed by atoms with E-state index >= 15 is 0 Å².